The second-order valence-corrected chi connectivity index (χ2v) is 10.1. The van der Waals surface area contributed by atoms with Gasteiger partial charge in [0.1, 0.15) is 11.3 Å². The maximum atomic E-state index is 13.6. The molecule has 6 nitrogen and oxygen atoms in total. The summed E-state index contributed by atoms with van der Waals surface area (Å²) in [6.07, 6.45) is -4.32. The van der Waals surface area contributed by atoms with Crippen molar-refractivity contribution in [3.8, 4) is 0 Å². The van der Waals surface area contributed by atoms with E-state index >= 15 is 0 Å². The quantitative estimate of drug-likeness (QED) is 0.130. The van der Waals surface area contributed by atoms with Gasteiger partial charge in [0, 0.05) is 16.9 Å². The molecule has 1 aliphatic rings. The number of nitrogens with one attached hydrogen (secondary N) is 2. The van der Waals surface area contributed by atoms with Crippen LogP contribution in [0.5, 0.6) is 0 Å². The lowest BCUT2D eigenvalue weighted by molar-refractivity contribution is -0.137. The lowest BCUT2D eigenvalue weighted by Gasteiger charge is -2.15. The van der Waals surface area contributed by atoms with Crippen molar-refractivity contribution in [1.29, 1.82) is 0 Å². The van der Waals surface area contributed by atoms with Crippen LogP contribution in [0.15, 0.2) is 29.2 Å². The van der Waals surface area contributed by atoms with Gasteiger partial charge < -0.3 is 10.6 Å². The van der Waals surface area contributed by atoms with Crippen LogP contribution in [0, 0.1) is 5.92 Å². The largest absolute Gasteiger partial charge is 0.416 e. The van der Waals surface area contributed by atoms with Crippen LogP contribution >= 0.6 is 40.2 Å². The second kappa shape index (κ2) is 9.49. The third-order valence-electron chi connectivity index (χ3n) is 4.92. The van der Waals surface area contributed by atoms with Gasteiger partial charge in [0.15, 0.2) is 11.5 Å². The molecule has 176 valence electrons. The molecule has 0 spiro atoms. The van der Waals surface area contributed by atoms with E-state index in [9.17, 15) is 26.7 Å². The summed E-state index contributed by atoms with van der Waals surface area (Å²) in [5.74, 6) is -0.651. The Morgan fingerprint density at radius 1 is 1.24 bits per heavy atom. The number of alkyl halides is 5. The van der Waals surface area contributed by atoms with E-state index in [4.69, 9.17) is 0 Å². The highest BCUT2D eigenvalue weighted by Gasteiger charge is 2.32. The van der Waals surface area contributed by atoms with E-state index in [-0.39, 0.29) is 40.9 Å². The Bertz CT molecular complexity index is 1220. The minimum atomic E-state index is -4.50. The average molecular weight is 615 g/mol. The standard InChI is InChI=1S/C19H16F5IN5OPS/c1-33-12-6-9(19(22,23)24)4-5-10(12)26-11-7-13(28-18(31)8-2-3-8)27-16-14(11)29-17(15(20)21)30(16)32-25/h4-8,15,32H,2-3H2,1H3,(H2,26,27,28,31). The minimum absolute atomic E-state index is 0.107. The molecule has 1 saturated carbocycles. The number of fused-ring (bicyclic) bond motifs is 1. The summed E-state index contributed by atoms with van der Waals surface area (Å²) in [5.41, 5.74) is 0.0617. The number of carbonyl (C=O) groups is 1. The van der Waals surface area contributed by atoms with E-state index in [1.165, 1.54) is 16.5 Å². The van der Waals surface area contributed by atoms with Crippen LogP contribution in [0.3, 0.4) is 0 Å². The van der Waals surface area contributed by atoms with Gasteiger partial charge in [-0.15, -0.1) is 11.8 Å². The summed E-state index contributed by atoms with van der Waals surface area (Å²) in [7, 11) is 0. The van der Waals surface area contributed by atoms with E-state index in [1.54, 1.807) is 6.26 Å². The van der Waals surface area contributed by atoms with E-state index in [0.29, 0.717) is 10.6 Å². The van der Waals surface area contributed by atoms with Crippen molar-refractivity contribution >= 4 is 74.4 Å². The zero-order chi connectivity index (χ0) is 23.9. The summed E-state index contributed by atoms with van der Waals surface area (Å²) in [4.78, 5) is 20.9. The normalized spacial score (nSPS) is 14.5. The van der Waals surface area contributed by atoms with E-state index in [2.05, 4.69) is 20.6 Å². The Hall–Kier alpha value is -1.73. The molecule has 1 fully saturated rings. The van der Waals surface area contributed by atoms with Crippen molar-refractivity contribution in [1.82, 2.24) is 14.3 Å². The van der Waals surface area contributed by atoms with Gasteiger partial charge in [-0.25, -0.2) is 18.7 Å². The first-order chi connectivity index (χ1) is 15.6. The fraction of sp³-hybridized carbons (Fsp3) is 0.316. The number of nitrogens with zero attached hydrogens (tertiary/aromatic N) is 3. The predicted molar refractivity (Wildman–Crippen MR) is 128 cm³/mol. The summed E-state index contributed by atoms with van der Waals surface area (Å²) in [5, 5.41) is 5.71. The first-order valence-corrected chi connectivity index (χ1v) is 14.8. The molecule has 2 N–H and O–H groups in total. The average Bonchev–Trinajstić information content (AvgIpc) is 3.54. The molecule has 1 amide bonds. The molecule has 2 aromatic heterocycles. The van der Waals surface area contributed by atoms with Gasteiger partial charge in [0.25, 0.3) is 6.43 Å². The topological polar surface area (TPSA) is 71.8 Å². The van der Waals surface area contributed by atoms with Crippen LogP contribution in [-0.2, 0) is 11.0 Å². The summed E-state index contributed by atoms with van der Waals surface area (Å²) < 4.78 is 67.8. The number of hydrogen-bond acceptors (Lipinski definition) is 5. The number of carbonyl (C=O) groups excluding carboxylic acids is 1. The van der Waals surface area contributed by atoms with Gasteiger partial charge in [0.05, 0.1) is 23.3 Å². The summed E-state index contributed by atoms with van der Waals surface area (Å²) in [6.45, 7) is 0. The molecule has 1 unspecified atom stereocenters. The fourth-order valence-electron chi connectivity index (χ4n) is 3.14. The van der Waals surface area contributed by atoms with Crippen LogP contribution < -0.4 is 10.6 Å². The third-order valence-corrected chi connectivity index (χ3v) is 7.75. The smallest absolute Gasteiger partial charge is 0.353 e. The number of imidazole rings is 1. The van der Waals surface area contributed by atoms with Crippen LogP contribution in [0.4, 0.5) is 39.1 Å². The molecule has 0 aliphatic heterocycles. The predicted octanol–water partition coefficient (Wildman–Crippen LogP) is 6.99. The van der Waals surface area contributed by atoms with Gasteiger partial charge in [-0.1, -0.05) is 0 Å². The van der Waals surface area contributed by atoms with Crippen molar-refractivity contribution in [3.05, 3.63) is 35.7 Å². The minimum Gasteiger partial charge on any atom is -0.353 e. The Labute approximate surface area is 203 Å². The molecule has 1 aromatic carbocycles. The molecule has 3 aromatic rings. The van der Waals surface area contributed by atoms with Crippen LogP contribution in [0.2, 0.25) is 0 Å². The number of amides is 1. The van der Waals surface area contributed by atoms with Crippen molar-refractivity contribution in [3.63, 3.8) is 0 Å². The van der Waals surface area contributed by atoms with Gasteiger partial charge in [-0.05, 0) is 59.3 Å². The highest BCUT2D eigenvalue weighted by molar-refractivity contribution is 14.2. The molecule has 33 heavy (non-hydrogen) atoms. The molecule has 0 radical (unpaired) electrons. The van der Waals surface area contributed by atoms with Crippen molar-refractivity contribution in [2.75, 3.05) is 16.9 Å². The van der Waals surface area contributed by atoms with E-state index < -0.39 is 24.0 Å². The molecule has 0 bridgehead atoms. The van der Waals surface area contributed by atoms with E-state index in [1.807, 2.05) is 22.0 Å². The zero-order valence-corrected chi connectivity index (χ0v) is 20.8. The number of benzene rings is 1. The van der Waals surface area contributed by atoms with Crippen LogP contribution in [-0.4, -0.2) is 26.5 Å². The molecule has 4 rings (SSSR count). The molecule has 0 saturated heterocycles. The Morgan fingerprint density at radius 2 is 1.97 bits per heavy atom. The highest BCUT2D eigenvalue weighted by atomic mass is 127. The number of aromatic nitrogens is 3. The number of hydrogen-bond donors (Lipinski definition) is 2. The molecule has 14 heteroatoms. The maximum Gasteiger partial charge on any atom is 0.416 e. The van der Waals surface area contributed by atoms with Crippen molar-refractivity contribution < 1.29 is 26.7 Å². The van der Waals surface area contributed by atoms with Crippen LogP contribution in [0.1, 0.15) is 30.7 Å². The van der Waals surface area contributed by atoms with Crippen molar-refractivity contribution in [2.24, 2.45) is 5.92 Å². The second-order valence-electron chi connectivity index (χ2n) is 7.22. The Kier molecular flexibility index (Phi) is 7.02. The lowest BCUT2D eigenvalue weighted by Crippen LogP contribution is -2.14. The number of thioether (sulfide) groups is 1. The van der Waals surface area contributed by atoms with Crippen molar-refractivity contribution in [2.45, 2.75) is 30.3 Å². The maximum absolute atomic E-state index is 13.6. The zero-order valence-electron chi connectivity index (χ0n) is 16.8. The van der Waals surface area contributed by atoms with Gasteiger partial charge in [0.2, 0.25) is 5.91 Å². The number of pyridine rings is 1. The molecule has 1 atom stereocenters. The summed E-state index contributed by atoms with van der Waals surface area (Å²) >= 11 is 3.03. The number of halogens is 6. The van der Waals surface area contributed by atoms with E-state index in [0.717, 1.165) is 36.7 Å². The molecule has 2 heterocycles. The monoisotopic (exact) mass is 615 g/mol. The molecular weight excluding hydrogens is 599 g/mol. The SMILES string of the molecule is CSc1cc(C(F)(F)F)ccc1Nc1cc(NC(=O)C2CC2)nc2c1nc(C(F)F)n2PI. The Morgan fingerprint density at radius 3 is 2.55 bits per heavy atom. The first-order valence-electron chi connectivity index (χ1n) is 9.53. The third kappa shape index (κ3) is 5.19. The Balaban J connectivity index is 1.82. The van der Waals surface area contributed by atoms with Gasteiger partial charge >= 0.3 is 6.18 Å². The van der Waals surface area contributed by atoms with Crippen LogP contribution in [0.25, 0.3) is 11.2 Å². The first kappa shape index (κ1) is 24.4. The summed E-state index contributed by atoms with van der Waals surface area (Å²) in [6, 6.07) is 4.67. The van der Waals surface area contributed by atoms with Gasteiger partial charge in [-0.3, -0.25) is 9.13 Å². The highest BCUT2D eigenvalue weighted by Crippen LogP contribution is 2.41. The molecule has 1 aliphatic carbocycles. The number of anilines is 3. The molecular formula is C19H16F5IN5OPS. The number of rotatable bonds is 7. The van der Waals surface area contributed by atoms with Gasteiger partial charge in [-0.2, -0.15) is 13.2 Å². The fourth-order valence-corrected chi connectivity index (χ4v) is 5.62. The lowest BCUT2D eigenvalue weighted by atomic mass is 10.2.